The van der Waals surface area contributed by atoms with E-state index in [4.69, 9.17) is 4.74 Å². The van der Waals surface area contributed by atoms with Crippen molar-refractivity contribution in [3.05, 3.63) is 35.1 Å². The Labute approximate surface area is 102 Å². The van der Waals surface area contributed by atoms with Crippen LogP contribution in [0.2, 0.25) is 0 Å². The molecule has 0 saturated carbocycles. The zero-order chi connectivity index (χ0) is 13.1. The zero-order valence-corrected chi connectivity index (χ0v) is 11.0. The van der Waals surface area contributed by atoms with E-state index >= 15 is 0 Å². The maximum Gasteiger partial charge on any atom is 0.126 e. The van der Waals surface area contributed by atoms with Crippen LogP contribution >= 0.6 is 0 Å². The molecular weight excluding hydrogens is 219 g/mol. The Bertz CT molecular complexity index is 378. The number of halogens is 1. The maximum absolute atomic E-state index is 13.5. The highest BCUT2D eigenvalue weighted by atomic mass is 19.1. The van der Waals surface area contributed by atoms with Crippen LogP contribution in [0.5, 0.6) is 0 Å². The lowest BCUT2D eigenvalue weighted by molar-refractivity contribution is -0.113. The first-order valence-corrected chi connectivity index (χ1v) is 6.02. The molecule has 1 N–H and O–H groups in total. The minimum Gasteiger partial charge on any atom is -0.385 e. The van der Waals surface area contributed by atoms with Crippen LogP contribution < -0.4 is 0 Å². The average molecular weight is 240 g/mol. The zero-order valence-electron chi connectivity index (χ0n) is 11.0. The molecule has 2 unspecified atom stereocenters. The van der Waals surface area contributed by atoms with Crippen molar-refractivity contribution >= 4 is 0 Å². The lowest BCUT2D eigenvalue weighted by Gasteiger charge is -2.33. The normalized spacial score (nSPS) is 16.6. The lowest BCUT2D eigenvalue weighted by Crippen LogP contribution is -2.35. The van der Waals surface area contributed by atoms with Gasteiger partial charge >= 0.3 is 0 Å². The van der Waals surface area contributed by atoms with Gasteiger partial charge in [-0.3, -0.25) is 0 Å². The van der Waals surface area contributed by atoms with E-state index in [1.54, 1.807) is 19.1 Å². The molecule has 0 fully saturated rings. The van der Waals surface area contributed by atoms with Crippen molar-refractivity contribution in [2.45, 2.75) is 45.8 Å². The van der Waals surface area contributed by atoms with E-state index in [1.165, 1.54) is 6.07 Å². The minimum absolute atomic E-state index is 0.295. The molecule has 17 heavy (non-hydrogen) atoms. The first kappa shape index (κ1) is 14.1. The monoisotopic (exact) mass is 240 g/mol. The van der Waals surface area contributed by atoms with Crippen LogP contribution in [0, 0.1) is 12.7 Å². The molecule has 0 saturated heterocycles. The lowest BCUT2D eigenvalue weighted by atomic mass is 9.90. The van der Waals surface area contributed by atoms with Gasteiger partial charge in [-0.25, -0.2) is 4.39 Å². The smallest absolute Gasteiger partial charge is 0.126 e. The van der Waals surface area contributed by atoms with Gasteiger partial charge in [0.15, 0.2) is 0 Å². The Morgan fingerprint density at radius 2 is 2.06 bits per heavy atom. The highest BCUT2D eigenvalue weighted by Crippen LogP contribution is 2.32. The molecule has 1 aromatic carbocycles. The summed E-state index contributed by atoms with van der Waals surface area (Å²) in [5.74, 6) is -0.295. The van der Waals surface area contributed by atoms with E-state index in [0.717, 1.165) is 0 Å². The van der Waals surface area contributed by atoms with Crippen molar-refractivity contribution in [3.8, 4) is 0 Å². The summed E-state index contributed by atoms with van der Waals surface area (Å²) in [4.78, 5) is 0. The van der Waals surface area contributed by atoms with E-state index in [1.807, 2.05) is 20.8 Å². The predicted molar refractivity (Wildman–Crippen MR) is 66.4 cm³/mol. The summed E-state index contributed by atoms with van der Waals surface area (Å²) in [5.41, 5.74) is 0.470. The van der Waals surface area contributed by atoms with Crippen molar-refractivity contribution in [2.24, 2.45) is 0 Å². The Morgan fingerprint density at radius 3 is 2.53 bits per heavy atom. The summed E-state index contributed by atoms with van der Waals surface area (Å²) in [6, 6.07) is 4.80. The topological polar surface area (TPSA) is 29.5 Å². The number of benzene rings is 1. The molecule has 0 heterocycles. The van der Waals surface area contributed by atoms with Crippen molar-refractivity contribution in [3.63, 3.8) is 0 Å². The molecule has 0 spiro atoms. The van der Waals surface area contributed by atoms with Gasteiger partial charge in [-0.2, -0.15) is 0 Å². The van der Waals surface area contributed by atoms with Gasteiger partial charge in [-0.1, -0.05) is 19.1 Å². The van der Waals surface area contributed by atoms with Crippen molar-refractivity contribution in [1.82, 2.24) is 0 Å². The van der Waals surface area contributed by atoms with Gasteiger partial charge in [0.25, 0.3) is 0 Å². The Kier molecular flexibility index (Phi) is 4.66. The van der Waals surface area contributed by atoms with Crippen LogP contribution in [0.25, 0.3) is 0 Å². The number of rotatable bonds is 5. The van der Waals surface area contributed by atoms with E-state index in [2.05, 4.69) is 0 Å². The molecule has 0 amide bonds. The largest absolute Gasteiger partial charge is 0.385 e. The summed E-state index contributed by atoms with van der Waals surface area (Å²) in [6.07, 6.45) is -0.153. The van der Waals surface area contributed by atoms with Crippen molar-refractivity contribution < 1.29 is 14.2 Å². The average Bonchev–Trinajstić information content (AvgIpc) is 2.32. The standard InChI is InChI=1S/C14H21FO2/c1-5-14(4,17-6-2)13(16)11-8-7-10(3)12(15)9-11/h7-9,13,16H,5-6H2,1-4H3. The fourth-order valence-electron chi connectivity index (χ4n) is 1.84. The molecule has 2 nitrogen and oxygen atoms in total. The van der Waals surface area contributed by atoms with Crippen LogP contribution in [-0.4, -0.2) is 17.3 Å². The van der Waals surface area contributed by atoms with E-state index in [9.17, 15) is 9.50 Å². The Hall–Kier alpha value is -0.930. The van der Waals surface area contributed by atoms with Crippen LogP contribution in [0.1, 0.15) is 44.4 Å². The third-order valence-electron chi connectivity index (χ3n) is 3.27. The van der Waals surface area contributed by atoms with E-state index < -0.39 is 11.7 Å². The number of hydrogen-bond donors (Lipinski definition) is 1. The second-order valence-corrected chi connectivity index (χ2v) is 4.51. The molecule has 0 bridgehead atoms. The first-order chi connectivity index (χ1) is 7.94. The molecule has 0 aliphatic carbocycles. The van der Waals surface area contributed by atoms with Crippen LogP contribution in [0.4, 0.5) is 4.39 Å². The number of hydrogen-bond acceptors (Lipinski definition) is 2. The third-order valence-corrected chi connectivity index (χ3v) is 3.27. The van der Waals surface area contributed by atoms with Gasteiger partial charge in [0.05, 0.1) is 5.60 Å². The second kappa shape index (κ2) is 5.61. The van der Waals surface area contributed by atoms with Gasteiger partial charge in [0.2, 0.25) is 0 Å². The summed E-state index contributed by atoms with van der Waals surface area (Å²) in [7, 11) is 0. The summed E-state index contributed by atoms with van der Waals surface area (Å²) < 4.78 is 19.1. The molecule has 2 atom stereocenters. The number of aryl methyl sites for hydroxylation is 1. The molecule has 0 aliphatic heterocycles. The van der Waals surface area contributed by atoms with Gasteiger partial charge in [-0.15, -0.1) is 0 Å². The predicted octanol–water partition coefficient (Wildman–Crippen LogP) is 3.37. The second-order valence-electron chi connectivity index (χ2n) is 4.51. The first-order valence-electron chi connectivity index (χ1n) is 6.02. The quantitative estimate of drug-likeness (QED) is 0.855. The minimum atomic E-state index is -0.817. The highest BCUT2D eigenvalue weighted by molar-refractivity contribution is 5.26. The molecule has 96 valence electrons. The Balaban J connectivity index is 3.01. The third kappa shape index (κ3) is 3.05. The SMILES string of the molecule is CCOC(C)(CC)C(O)c1ccc(C)c(F)c1. The molecule has 0 aromatic heterocycles. The molecule has 0 radical (unpaired) electrons. The number of aliphatic hydroxyl groups is 1. The molecular formula is C14H21FO2. The molecule has 3 heteroatoms. The van der Waals surface area contributed by atoms with Gasteiger partial charge in [-0.05, 0) is 44.4 Å². The van der Waals surface area contributed by atoms with Crippen LogP contribution in [-0.2, 0) is 4.74 Å². The van der Waals surface area contributed by atoms with Crippen LogP contribution in [0.15, 0.2) is 18.2 Å². The number of ether oxygens (including phenoxy) is 1. The van der Waals surface area contributed by atoms with Gasteiger partial charge in [0, 0.05) is 6.61 Å². The summed E-state index contributed by atoms with van der Waals surface area (Å²) in [5, 5.41) is 10.3. The molecule has 0 aliphatic rings. The summed E-state index contributed by atoms with van der Waals surface area (Å²) in [6.45, 7) is 7.90. The highest BCUT2D eigenvalue weighted by Gasteiger charge is 2.33. The fourth-order valence-corrected chi connectivity index (χ4v) is 1.84. The number of aliphatic hydroxyl groups excluding tert-OH is 1. The maximum atomic E-state index is 13.5. The van der Waals surface area contributed by atoms with E-state index in [-0.39, 0.29) is 5.82 Å². The van der Waals surface area contributed by atoms with Gasteiger partial charge in [0.1, 0.15) is 11.9 Å². The molecule has 1 aromatic rings. The van der Waals surface area contributed by atoms with Crippen molar-refractivity contribution in [2.75, 3.05) is 6.61 Å². The van der Waals surface area contributed by atoms with E-state index in [0.29, 0.717) is 24.2 Å². The van der Waals surface area contributed by atoms with Gasteiger partial charge < -0.3 is 9.84 Å². The van der Waals surface area contributed by atoms with Crippen molar-refractivity contribution in [1.29, 1.82) is 0 Å². The Morgan fingerprint density at radius 1 is 1.41 bits per heavy atom. The fraction of sp³-hybridized carbons (Fsp3) is 0.571. The molecule has 1 rings (SSSR count). The van der Waals surface area contributed by atoms with Crippen LogP contribution in [0.3, 0.4) is 0 Å². The summed E-state index contributed by atoms with van der Waals surface area (Å²) >= 11 is 0.